The van der Waals surface area contributed by atoms with E-state index < -0.39 is 0 Å². The number of aryl methyl sites for hydroxylation is 1. The van der Waals surface area contributed by atoms with Crippen LogP contribution in [0.25, 0.3) is 11.4 Å². The second kappa shape index (κ2) is 7.16. The Bertz CT molecular complexity index is 661. The van der Waals surface area contributed by atoms with Crippen LogP contribution in [0.2, 0.25) is 0 Å². The Labute approximate surface area is 134 Å². The molecular formula is C16H21FN4O2. The van der Waals surface area contributed by atoms with Crippen molar-refractivity contribution in [2.45, 2.75) is 19.6 Å². The van der Waals surface area contributed by atoms with E-state index in [0.29, 0.717) is 29.4 Å². The fourth-order valence-corrected chi connectivity index (χ4v) is 2.51. The molecule has 1 atom stereocenters. The molecule has 23 heavy (non-hydrogen) atoms. The summed E-state index contributed by atoms with van der Waals surface area (Å²) in [5, 5.41) is 7.16. The molecule has 0 radical (unpaired) electrons. The van der Waals surface area contributed by atoms with Gasteiger partial charge in [0.05, 0.1) is 19.3 Å². The summed E-state index contributed by atoms with van der Waals surface area (Å²) in [5.41, 5.74) is 1.21. The van der Waals surface area contributed by atoms with Crippen molar-refractivity contribution in [2.24, 2.45) is 0 Å². The highest BCUT2D eigenvalue weighted by Gasteiger charge is 2.17. The van der Waals surface area contributed by atoms with E-state index in [1.165, 1.54) is 6.07 Å². The van der Waals surface area contributed by atoms with Gasteiger partial charge < -0.3 is 19.5 Å². The van der Waals surface area contributed by atoms with Crippen LogP contribution in [0, 0.1) is 12.7 Å². The summed E-state index contributed by atoms with van der Waals surface area (Å²) in [5.74, 6) is 0.602. The zero-order valence-corrected chi connectivity index (χ0v) is 13.4. The van der Waals surface area contributed by atoms with Crippen LogP contribution in [0.4, 0.5) is 4.39 Å². The summed E-state index contributed by atoms with van der Waals surface area (Å²) < 4.78 is 24.5. The number of ether oxygens (including phenoxy) is 1. The van der Waals surface area contributed by atoms with Crippen molar-refractivity contribution in [2.75, 3.05) is 33.3 Å². The Morgan fingerprint density at radius 2 is 2.30 bits per heavy atom. The van der Waals surface area contributed by atoms with Gasteiger partial charge in [0.15, 0.2) is 0 Å². The zero-order chi connectivity index (χ0) is 16.2. The first-order chi connectivity index (χ1) is 11.1. The summed E-state index contributed by atoms with van der Waals surface area (Å²) >= 11 is 0. The van der Waals surface area contributed by atoms with Gasteiger partial charge in [-0.3, -0.25) is 0 Å². The maximum absolute atomic E-state index is 13.6. The van der Waals surface area contributed by atoms with E-state index in [0.717, 1.165) is 26.2 Å². The van der Waals surface area contributed by atoms with Crippen molar-refractivity contribution in [3.05, 3.63) is 35.5 Å². The average Bonchev–Trinajstić information content (AvgIpc) is 2.99. The lowest BCUT2D eigenvalue weighted by Gasteiger charge is -2.30. The minimum Gasteiger partial charge on any atom is -0.374 e. The number of halogens is 1. The number of hydrogen-bond acceptors (Lipinski definition) is 6. The lowest BCUT2D eigenvalue weighted by atomic mass is 10.1. The molecule has 1 aromatic carbocycles. The fourth-order valence-electron chi connectivity index (χ4n) is 2.51. The molecular weight excluding hydrogens is 299 g/mol. The van der Waals surface area contributed by atoms with Gasteiger partial charge in [-0.15, -0.1) is 0 Å². The normalized spacial score (nSPS) is 19.2. The molecule has 0 unspecified atom stereocenters. The highest BCUT2D eigenvalue weighted by atomic mass is 19.1. The smallest absolute Gasteiger partial charge is 0.240 e. The molecule has 2 aromatic rings. The van der Waals surface area contributed by atoms with Crippen LogP contribution in [0.1, 0.15) is 11.5 Å². The SMILES string of the molecule is Cc1ccc(-c2noc(CNC[C@H]3CN(C)CCO3)n2)cc1F. The van der Waals surface area contributed by atoms with Crippen LogP contribution in [0.15, 0.2) is 22.7 Å². The molecule has 3 rings (SSSR count). The van der Waals surface area contributed by atoms with Crippen LogP contribution >= 0.6 is 0 Å². The Kier molecular flexibility index (Phi) is 5.00. The second-order valence-electron chi connectivity index (χ2n) is 5.86. The van der Waals surface area contributed by atoms with E-state index in [1.807, 2.05) is 0 Å². The first-order valence-corrected chi connectivity index (χ1v) is 7.72. The number of benzene rings is 1. The molecule has 0 amide bonds. The van der Waals surface area contributed by atoms with Gasteiger partial charge in [0.25, 0.3) is 0 Å². The first kappa shape index (κ1) is 16.0. The molecule has 0 spiro atoms. The summed E-state index contributed by atoms with van der Waals surface area (Å²) in [7, 11) is 2.08. The van der Waals surface area contributed by atoms with Gasteiger partial charge >= 0.3 is 0 Å². The first-order valence-electron chi connectivity index (χ1n) is 7.72. The van der Waals surface area contributed by atoms with Gasteiger partial charge in [-0.05, 0) is 25.6 Å². The van der Waals surface area contributed by atoms with Crippen molar-refractivity contribution in [3.8, 4) is 11.4 Å². The van der Waals surface area contributed by atoms with E-state index >= 15 is 0 Å². The maximum atomic E-state index is 13.6. The largest absolute Gasteiger partial charge is 0.374 e. The molecule has 1 aliphatic rings. The Morgan fingerprint density at radius 3 is 3.09 bits per heavy atom. The molecule has 0 bridgehead atoms. The average molecular weight is 320 g/mol. The number of aromatic nitrogens is 2. The van der Waals surface area contributed by atoms with Crippen LogP contribution in [0.5, 0.6) is 0 Å². The molecule has 1 N–H and O–H groups in total. The van der Waals surface area contributed by atoms with Gasteiger partial charge in [-0.1, -0.05) is 17.3 Å². The van der Waals surface area contributed by atoms with Crippen LogP contribution < -0.4 is 5.32 Å². The third-order valence-electron chi connectivity index (χ3n) is 3.89. The van der Waals surface area contributed by atoms with E-state index in [4.69, 9.17) is 9.26 Å². The minimum atomic E-state index is -0.273. The molecule has 1 fully saturated rings. The van der Waals surface area contributed by atoms with E-state index in [-0.39, 0.29) is 11.9 Å². The molecule has 2 heterocycles. The number of nitrogens with one attached hydrogen (secondary N) is 1. The highest BCUT2D eigenvalue weighted by Crippen LogP contribution is 2.18. The van der Waals surface area contributed by atoms with Crippen molar-refractivity contribution < 1.29 is 13.7 Å². The number of morpholine rings is 1. The number of rotatable bonds is 5. The van der Waals surface area contributed by atoms with Crippen LogP contribution in [-0.2, 0) is 11.3 Å². The quantitative estimate of drug-likeness (QED) is 0.903. The van der Waals surface area contributed by atoms with Crippen molar-refractivity contribution in [1.82, 2.24) is 20.4 Å². The molecule has 124 valence electrons. The maximum Gasteiger partial charge on any atom is 0.240 e. The lowest BCUT2D eigenvalue weighted by molar-refractivity contribution is -0.0184. The second-order valence-corrected chi connectivity index (χ2v) is 5.86. The molecule has 1 aromatic heterocycles. The molecule has 0 saturated carbocycles. The summed E-state index contributed by atoms with van der Waals surface area (Å²) in [4.78, 5) is 6.53. The summed E-state index contributed by atoms with van der Waals surface area (Å²) in [6, 6.07) is 4.91. The topological polar surface area (TPSA) is 63.4 Å². The molecule has 1 aliphatic heterocycles. The van der Waals surface area contributed by atoms with E-state index in [1.54, 1.807) is 19.1 Å². The van der Waals surface area contributed by atoms with E-state index in [2.05, 4.69) is 27.4 Å². The number of likely N-dealkylation sites (N-methyl/N-ethyl adjacent to an activating group) is 1. The molecule has 0 aliphatic carbocycles. The lowest BCUT2D eigenvalue weighted by Crippen LogP contribution is -2.44. The predicted molar refractivity (Wildman–Crippen MR) is 83.4 cm³/mol. The summed E-state index contributed by atoms with van der Waals surface area (Å²) in [6.45, 7) is 5.54. The van der Waals surface area contributed by atoms with Gasteiger partial charge in [0, 0.05) is 25.2 Å². The molecule has 6 nitrogen and oxygen atoms in total. The third kappa shape index (κ3) is 4.13. The molecule has 1 saturated heterocycles. The van der Waals surface area contributed by atoms with E-state index in [9.17, 15) is 4.39 Å². The molecule has 7 heteroatoms. The Balaban J connectivity index is 1.54. The van der Waals surface area contributed by atoms with Crippen molar-refractivity contribution in [1.29, 1.82) is 0 Å². The van der Waals surface area contributed by atoms with Crippen molar-refractivity contribution >= 4 is 0 Å². The highest BCUT2D eigenvalue weighted by molar-refractivity contribution is 5.54. The fraction of sp³-hybridized carbons (Fsp3) is 0.500. The van der Waals surface area contributed by atoms with Gasteiger partial charge in [0.1, 0.15) is 5.82 Å². The number of nitrogens with zero attached hydrogens (tertiary/aromatic N) is 3. The number of hydrogen-bond donors (Lipinski definition) is 1. The Hall–Kier alpha value is -1.83. The predicted octanol–water partition coefficient (Wildman–Crippen LogP) is 1.60. The minimum absolute atomic E-state index is 0.169. The Morgan fingerprint density at radius 1 is 1.43 bits per heavy atom. The van der Waals surface area contributed by atoms with Gasteiger partial charge in [-0.2, -0.15) is 4.98 Å². The van der Waals surface area contributed by atoms with Crippen molar-refractivity contribution in [3.63, 3.8) is 0 Å². The monoisotopic (exact) mass is 320 g/mol. The third-order valence-corrected chi connectivity index (χ3v) is 3.89. The summed E-state index contributed by atoms with van der Waals surface area (Å²) in [6.07, 6.45) is 0.169. The zero-order valence-electron chi connectivity index (χ0n) is 13.4. The van der Waals surface area contributed by atoms with Gasteiger partial charge in [-0.25, -0.2) is 4.39 Å². The standard InChI is InChI=1S/C16H21FN4O2/c1-11-3-4-12(7-14(11)17)16-19-15(23-20-16)9-18-8-13-10-21(2)5-6-22-13/h3-4,7,13,18H,5-6,8-10H2,1-2H3/t13-/m0/s1. The van der Waals surface area contributed by atoms with Crippen LogP contribution in [-0.4, -0.2) is 54.4 Å². The van der Waals surface area contributed by atoms with Crippen LogP contribution in [0.3, 0.4) is 0 Å². The van der Waals surface area contributed by atoms with Gasteiger partial charge in [0.2, 0.25) is 11.7 Å².